The lowest BCUT2D eigenvalue weighted by Gasteiger charge is -2.20. The maximum atomic E-state index is 4.58. The summed E-state index contributed by atoms with van der Waals surface area (Å²) in [4.78, 5) is 4.58. The number of para-hydroxylation sites is 1. The molecule has 1 heterocycles. The van der Waals surface area contributed by atoms with Gasteiger partial charge in [0, 0.05) is 23.2 Å². The van der Waals surface area contributed by atoms with Crippen molar-refractivity contribution in [1.82, 2.24) is 15.6 Å². The summed E-state index contributed by atoms with van der Waals surface area (Å²) in [6.45, 7) is 11.6. The van der Waals surface area contributed by atoms with Crippen molar-refractivity contribution in [2.45, 2.75) is 46.2 Å². The van der Waals surface area contributed by atoms with Gasteiger partial charge in [-0.1, -0.05) is 18.2 Å². The number of nitrogens with one attached hydrogen (secondary N) is 2. The Balaban J connectivity index is 1.86. The number of pyridine rings is 1. The van der Waals surface area contributed by atoms with E-state index in [0.29, 0.717) is 0 Å². The molecule has 0 atom stereocenters. The van der Waals surface area contributed by atoms with Crippen LogP contribution in [0.25, 0.3) is 10.9 Å². The third-order valence-electron chi connectivity index (χ3n) is 3.43. The Labute approximate surface area is 128 Å². The zero-order chi connectivity index (χ0) is 15.3. The lowest BCUT2D eigenvalue weighted by atomic mass is 10.1. The first-order chi connectivity index (χ1) is 9.96. The second-order valence-electron chi connectivity index (χ2n) is 6.65. The minimum absolute atomic E-state index is 0.207. The highest BCUT2D eigenvalue weighted by molar-refractivity contribution is 5.82. The van der Waals surface area contributed by atoms with E-state index < -0.39 is 0 Å². The molecule has 2 N–H and O–H groups in total. The molecule has 1 aromatic carbocycles. The van der Waals surface area contributed by atoms with E-state index in [1.165, 1.54) is 10.9 Å². The van der Waals surface area contributed by atoms with Crippen molar-refractivity contribution >= 4 is 10.9 Å². The molecule has 0 fully saturated rings. The van der Waals surface area contributed by atoms with Crippen molar-refractivity contribution < 1.29 is 0 Å². The fraction of sp³-hybridized carbons (Fsp3) is 0.500. The SMILES string of the molecule is Cc1cc(CNCCCNC(C)(C)C)c2ccccc2n1. The summed E-state index contributed by atoms with van der Waals surface area (Å²) in [6.07, 6.45) is 1.14. The molecule has 3 heteroatoms. The quantitative estimate of drug-likeness (QED) is 0.799. The Hall–Kier alpha value is -1.45. The third-order valence-corrected chi connectivity index (χ3v) is 3.43. The van der Waals surface area contributed by atoms with Gasteiger partial charge in [0.2, 0.25) is 0 Å². The van der Waals surface area contributed by atoms with Crippen molar-refractivity contribution in [3.05, 3.63) is 41.6 Å². The average molecular weight is 285 g/mol. The van der Waals surface area contributed by atoms with Crippen LogP contribution < -0.4 is 10.6 Å². The average Bonchev–Trinajstić information content (AvgIpc) is 2.41. The van der Waals surface area contributed by atoms with Crippen LogP contribution in [0.4, 0.5) is 0 Å². The first-order valence-corrected chi connectivity index (χ1v) is 7.77. The fourth-order valence-corrected chi connectivity index (χ4v) is 2.44. The molecule has 0 aliphatic rings. The van der Waals surface area contributed by atoms with E-state index in [2.05, 4.69) is 67.6 Å². The van der Waals surface area contributed by atoms with Gasteiger partial charge in [-0.3, -0.25) is 4.98 Å². The highest BCUT2D eigenvalue weighted by Crippen LogP contribution is 2.17. The standard InChI is InChI=1S/C18H27N3/c1-14-12-15(16-8-5-6-9-17(16)21-14)13-19-10-7-11-20-18(2,3)4/h5-6,8-9,12,19-20H,7,10-11,13H2,1-4H3. The van der Waals surface area contributed by atoms with Gasteiger partial charge in [0.25, 0.3) is 0 Å². The maximum Gasteiger partial charge on any atom is 0.0708 e. The van der Waals surface area contributed by atoms with Crippen molar-refractivity contribution in [1.29, 1.82) is 0 Å². The first-order valence-electron chi connectivity index (χ1n) is 7.77. The van der Waals surface area contributed by atoms with Gasteiger partial charge in [0.1, 0.15) is 0 Å². The Morgan fingerprint density at radius 3 is 2.62 bits per heavy atom. The third kappa shape index (κ3) is 5.10. The predicted octanol–water partition coefficient (Wildman–Crippen LogP) is 3.41. The molecule has 0 saturated carbocycles. The lowest BCUT2D eigenvalue weighted by Crippen LogP contribution is -2.37. The topological polar surface area (TPSA) is 37.0 Å². The summed E-state index contributed by atoms with van der Waals surface area (Å²) >= 11 is 0. The van der Waals surface area contributed by atoms with Crippen molar-refractivity contribution in [2.24, 2.45) is 0 Å². The normalized spacial score (nSPS) is 12.0. The van der Waals surface area contributed by atoms with Gasteiger partial charge in [-0.2, -0.15) is 0 Å². The minimum atomic E-state index is 0.207. The smallest absolute Gasteiger partial charge is 0.0708 e. The van der Waals surface area contributed by atoms with Gasteiger partial charge in [-0.15, -0.1) is 0 Å². The maximum absolute atomic E-state index is 4.58. The second kappa shape index (κ2) is 7.01. The number of hydrogen-bond donors (Lipinski definition) is 2. The molecule has 0 unspecified atom stereocenters. The molecule has 0 saturated heterocycles. The van der Waals surface area contributed by atoms with E-state index in [9.17, 15) is 0 Å². The molecule has 2 aromatic rings. The Morgan fingerprint density at radius 1 is 1.10 bits per heavy atom. The Bertz CT molecular complexity index is 585. The Morgan fingerprint density at radius 2 is 1.86 bits per heavy atom. The molecule has 0 spiro atoms. The van der Waals surface area contributed by atoms with E-state index in [1.54, 1.807) is 0 Å². The number of aromatic nitrogens is 1. The molecule has 114 valence electrons. The second-order valence-corrected chi connectivity index (χ2v) is 6.65. The molecular weight excluding hydrogens is 258 g/mol. The van der Waals surface area contributed by atoms with Crippen LogP contribution in [-0.4, -0.2) is 23.6 Å². The number of hydrogen-bond acceptors (Lipinski definition) is 3. The van der Waals surface area contributed by atoms with E-state index in [1.807, 2.05) is 6.07 Å². The summed E-state index contributed by atoms with van der Waals surface area (Å²) in [5.41, 5.74) is 3.71. The molecule has 21 heavy (non-hydrogen) atoms. The van der Waals surface area contributed by atoms with Crippen molar-refractivity contribution in [3.8, 4) is 0 Å². The number of aryl methyl sites for hydroxylation is 1. The highest BCUT2D eigenvalue weighted by atomic mass is 14.9. The highest BCUT2D eigenvalue weighted by Gasteiger charge is 2.07. The van der Waals surface area contributed by atoms with Crippen LogP contribution in [0.15, 0.2) is 30.3 Å². The zero-order valence-electron chi connectivity index (χ0n) is 13.7. The summed E-state index contributed by atoms with van der Waals surface area (Å²) in [6, 6.07) is 10.5. The van der Waals surface area contributed by atoms with Crippen molar-refractivity contribution in [3.63, 3.8) is 0 Å². The molecule has 1 aromatic heterocycles. The Kier molecular flexibility index (Phi) is 5.32. The lowest BCUT2D eigenvalue weighted by molar-refractivity contribution is 0.418. The largest absolute Gasteiger partial charge is 0.313 e. The van der Waals surface area contributed by atoms with Crippen LogP contribution in [0.5, 0.6) is 0 Å². The zero-order valence-corrected chi connectivity index (χ0v) is 13.7. The molecule has 0 aliphatic carbocycles. The van der Waals surface area contributed by atoms with Gasteiger partial charge < -0.3 is 10.6 Å². The monoisotopic (exact) mass is 285 g/mol. The fourth-order valence-electron chi connectivity index (χ4n) is 2.44. The molecule has 2 rings (SSSR count). The van der Waals surface area contributed by atoms with E-state index in [4.69, 9.17) is 0 Å². The molecule has 0 bridgehead atoms. The summed E-state index contributed by atoms with van der Waals surface area (Å²) in [7, 11) is 0. The summed E-state index contributed by atoms with van der Waals surface area (Å²) in [5.74, 6) is 0. The minimum Gasteiger partial charge on any atom is -0.313 e. The molecule has 3 nitrogen and oxygen atoms in total. The van der Waals surface area contributed by atoms with Crippen molar-refractivity contribution in [2.75, 3.05) is 13.1 Å². The van der Waals surface area contributed by atoms with Gasteiger partial charge in [0.15, 0.2) is 0 Å². The van der Waals surface area contributed by atoms with Crippen LogP contribution in [0.2, 0.25) is 0 Å². The van der Waals surface area contributed by atoms with Gasteiger partial charge >= 0.3 is 0 Å². The number of rotatable bonds is 6. The van der Waals surface area contributed by atoms with Crippen LogP contribution in [0, 0.1) is 6.92 Å². The summed E-state index contributed by atoms with van der Waals surface area (Å²) < 4.78 is 0. The van der Waals surface area contributed by atoms with Gasteiger partial charge in [0.05, 0.1) is 5.52 Å². The van der Waals surface area contributed by atoms with Crippen LogP contribution >= 0.6 is 0 Å². The van der Waals surface area contributed by atoms with E-state index in [-0.39, 0.29) is 5.54 Å². The molecule has 0 amide bonds. The van der Waals surface area contributed by atoms with Gasteiger partial charge in [-0.25, -0.2) is 0 Å². The first kappa shape index (κ1) is 15.9. The summed E-state index contributed by atoms with van der Waals surface area (Å²) in [5, 5.41) is 8.30. The van der Waals surface area contributed by atoms with E-state index >= 15 is 0 Å². The number of nitrogens with zero attached hydrogens (tertiary/aromatic N) is 1. The molecule has 0 radical (unpaired) electrons. The molecular formula is C18H27N3. The van der Waals surface area contributed by atoms with Gasteiger partial charge in [-0.05, 0) is 64.9 Å². The predicted molar refractivity (Wildman–Crippen MR) is 90.6 cm³/mol. The number of benzene rings is 1. The van der Waals surface area contributed by atoms with Crippen LogP contribution in [-0.2, 0) is 6.54 Å². The van der Waals surface area contributed by atoms with Crippen LogP contribution in [0.1, 0.15) is 38.4 Å². The molecule has 0 aliphatic heterocycles. The number of fused-ring (bicyclic) bond motifs is 1. The van der Waals surface area contributed by atoms with E-state index in [0.717, 1.165) is 37.3 Å². The van der Waals surface area contributed by atoms with Crippen LogP contribution in [0.3, 0.4) is 0 Å².